The largest absolute Gasteiger partial charge is 0.321 e. The van der Waals surface area contributed by atoms with Crippen molar-refractivity contribution in [3.63, 3.8) is 0 Å². The van der Waals surface area contributed by atoms with Crippen LogP contribution in [-0.4, -0.2) is 9.78 Å². The van der Waals surface area contributed by atoms with E-state index in [2.05, 4.69) is 21.0 Å². The number of rotatable bonds is 2. The average Bonchev–Trinajstić information content (AvgIpc) is 2.83. The van der Waals surface area contributed by atoms with E-state index in [1.165, 1.54) is 0 Å². The molecule has 0 saturated heterocycles. The first kappa shape index (κ1) is 10.1. The average molecular weight is 278 g/mol. The number of hydrogen-bond donors (Lipinski definition) is 1. The van der Waals surface area contributed by atoms with Gasteiger partial charge in [0.1, 0.15) is 0 Å². The molecule has 1 aromatic heterocycles. The van der Waals surface area contributed by atoms with Gasteiger partial charge in [-0.05, 0) is 31.0 Å². The third-order valence-electron chi connectivity index (χ3n) is 3.02. The second-order valence-electron chi connectivity index (χ2n) is 4.31. The van der Waals surface area contributed by atoms with Crippen molar-refractivity contribution in [2.24, 2.45) is 5.73 Å². The van der Waals surface area contributed by atoms with E-state index in [1.54, 1.807) is 0 Å². The molecule has 16 heavy (non-hydrogen) atoms. The number of aromatic nitrogens is 2. The summed E-state index contributed by atoms with van der Waals surface area (Å²) < 4.78 is 2.92. The van der Waals surface area contributed by atoms with Gasteiger partial charge >= 0.3 is 0 Å². The first-order valence-corrected chi connectivity index (χ1v) is 6.07. The first-order chi connectivity index (χ1) is 7.67. The molecule has 0 bridgehead atoms. The van der Waals surface area contributed by atoms with Gasteiger partial charge in [-0.1, -0.05) is 22.0 Å². The molecular formula is C12H12BrN3. The van der Waals surface area contributed by atoms with Crippen LogP contribution in [0.25, 0.3) is 5.69 Å². The Kier molecular flexibility index (Phi) is 2.16. The van der Waals surface area contributed by atoms with Gasteiger partial charge in [-0.2, -0.15) is 5.10 Å². The van der Waals surface area contributed by atoms with Gasteiger partial charge in [0.05, 0.1) is 11.9 Å². The highest BCUT2D eigenvalue weighted by Gasteiger charge is 2.41. The Labute approximate surface area is 102 Å². The molecule has 0 atom stereocenters. The van der Waals surface area contributed by atoms with Gasteiger partial charge in [0, 0.05) is 21.8 Å². The first-order valence-electron chi connectivity index (χ1n) is 5.27. The van der Waals surface area contributed by atoms with Crippen molar-refractivity contribution < 1.29 is 0 Å². The van der Waals surface area contributed by atoms with Crippen LogP contribution in [0, 0.1) is 0 Å². The predicted octanol–water partition coefficient (Wildman–Crippen LogP) is 2.58. The molecule has 1 aliphatic carbocycles. The molecule has 1 saturated carbocycles. The lowest BCUT2D eigenvalue weighted by Crippen LogP contribution is -2.17. The van der Waals surface area contributed by atoms with E-state index in [4.69, 9.17) is 5.73 Å². The van der Waals surface area contributed by atoms with Crippen molar-refractivity contribution in [2.75, 3.05) is 0 Å². The molecule has 3 nitrogen and oxygen atoms in total. The molecule has 1 fully saturated rings. The molecule has 2 aromatic rings. The van der Waals surface area contributed by atoms with Gasteiger partial charge in [0.2, 0.25) is 0 Å². The molecule has 1 heterocycles. The fraction of sp³-hybridized carbons (Fsp3) is 0.250. The highest BCUT2D eigenvalue weighted by atomic mass is 79.9. The number of halogens is 1. The SMILES string of the molecule is NC1(c2cnn(-c3cccc(Br)c3)c2)CC1. The van der Waals surface area contributed by atoms with Crippen molar-refractivity contribution in [2.45, 2.75) is 18.4 Å². The topological polar surface area (TPSA) is 43.8 Å². The highest BCUT2D eigenvalue weighted by Crippen LogP contribution is 2.42. The zero-order valence-electron chi connectivity index (χ0n) is 8.73. The van der Waals surface area contributed by atoms with E-state index in [1.807, 2.05) is 41.3 Å². The number of nitrogens with two attached hydrogens (primary N) is 1. The molecule has 1 aliphatic rings. The number of nitrogens with zero attached hydrogens (tertiary/aromatic N) is 2. The molecule has 1 aromatic carbocycles. The summed E-state index contributed by atoms with van der Waals surface area (Å²) in [5.41, 5.74) is 8.20. The van der Waals surface area contributed by atoms with Crippen molar-refractivity contribution in [3.05, 3.63) is 46.7 Å². The summed E-state index contributed by atoms with van der Waals surface area (Å²) in [5, 5.41) is 4.35. The van der Waals surface area contributed by atoms with Crippen molar-refractivity contribution in [1.82, 2.24) is 9.78 Å². The van der Waals surface area contributed by atoms with Crippen LogP contribution in [0.5, 0.6) is 0 Å². The summed E-state index contributed by atoms with van der Waals surface area (Å²) in [5.74, 6) is 0. The van der Waals surface area contributed by atoms with Crippen LogP contribution in [0.2, 0.25) is 0 Å². The maximum absolute atomic E-state index is 6.13. The van der Waals surface area contributed by atoms with E-state index in [0.717, 1.165) is 28.6 Å². The van der Waals surface area contributed by atoms with Crippen molar-refractivity contribution >= 4 is 15.9 Å². The lowest BCUT2D eigenvalue weighted by atomic mass is 10.1. The second kappa shape index (κ2) is 3.43. The minimum absolute atomic E-state index is 0.107. The standard InChI is InChI=1S/C12H12BrN3/c13-10-2-1-3-11(6-10)16-8-9(7-15-16)12(14)4-5-12/h1-3,6-8H,4-5,14H2. The molecule has 4 heteroatoms. The molecule has 0 spiro atoms. The lowest BCUT2D eigenvalue weighted by Gasteiger charge is -2.04. The van der Waals surface area contributed by atoms with E-state index >= 15 is 0 Å². The fourth-order valence-corrected chi connectivity index (χ4v) is 2.15. The van der Waals surface area contributed by atoms with E-state index < -0.39 is 0 Å². The number of hydrogen-bond acceptors (Lipinski definition) is 2. The molecule has 0 unspecified atom stereocenters. The Bertz CT molecular complexity index is 529. The van der Waals surface area contributed by atoms with Crippen LogP contribution >= 0.6 is 15.9 Å². The van der Waals surface area contributed by atoms with E-state index in [-0.39, 0.29) is 5.54 Å². The summed E-state index contributed by atoms with van der Waals surface area (Å²) in [6.45, 7) is 0. The van der Waals surface area contributed by atoms with E-state index in [0.29, 0.717) is 0 Å². The third-order valence-corrected chi connectivity index (χ3v) is 3.51. The van der Waals surface area contributed by atoms with Crippen LogP contribution < -0.4 is 5.73 Å². The third kappa shape index (κ3) is 1.68. The van der Waals surface area contributed by atoms with Crippen molar-refractivity contribution in [1.29, 1.82) is 0 Å². The monoisotopic (exact) mass is 277 g/mol. The predicted molar refractivity (Wildman–Crippen MR) is 66.4 cm³/mol. The zero-order valence-corrected chi connectivity index (χ0v) is 10.3. The molecular weight excluding hydrogens is 266 g/mol. The molecule has 82 valence electrons. The zero-order chi connectivity index (χ0) is 11.2. The quantitative estimate of drug-likeness (QED) is 0.917. The van der Waals surface area contributed by atoms with Crippen LogP contribution in [0.15, 0.2) is 41.1 Å². The van der Waals surface area contributed by atoms with Crippen LogP contribution in [0.3, 0.4) is 0 Å². The minimum atomic E-state index is -0.107. The molecule has 0 radical (unpaired) electrons. The Balaban J connectivity index is 1.98. The molecule has 0 aliphatic heterocycles. The fourth-order valence-electron chi connectivity index (χ4n) is 1.76. The Hall–Kier alpha value is -1.13. The second-order valence-corrected chi connectivity index (χ2v) is 5.23. The van der Waals surface area contributed by atoms with Gasteiger partial charge in [-0.3, -0.25) is 0 Å². The van der Waals surface area contributed by atoms with Crippen LogP contribution in [-0.2, 0) is 5.54 Å². The maximum atomic E-state index is 6.13. The Morgan fingerprint density at radius 3 is 2.88 bits per heavy atom. The van der Waals surface area contributed by atoms with Crippen LogP contribution in [0.1, 0.15) is 18.4 Å². The Morgan fingerprint density at radius 1 is 1.38 bits per heavy atom. The summed E-state index contributed by atoms with van der Waals surface area (Å²) >= 11 is 3.45. The highest BCUT2D eigenvalue weighted by molar-refractivity contribution is 9.10. The lowest BCUT2D eigenvalue weighted by molar-refractivity contribution is 0.739. The Morgan fingerprint density at radius 2 is 2.19 bits per heavy atom. The van der Waals surface area contributed by atoms with Gasteiger partial charge in [-0.15, -0.1) is 0 Å². The normalized spacial score (nSPS) is 17.4. The van der Waals surface area contributed by atoms with Gasteiger partial charge in [0.25, 0.3) is 0 Å². The molecule has 3 rings (SSSR count). The van der Waals surface area contributed by atoms with Gasteiger partial charge in [0.15, 0.2) is 0 Å². The van der Waals surface area contributed by atoms with E-state index in [9.17, 15) is 0 Å². The smallest absolute Gasteiger partial charge is 0.0656 e. The maximum Gasteiger partial charge on any atom is 0.0656 e. The van der Waals surface area contributed by atoms with Gasteiger partial charge < -0.3 is 5.73 Å². The summed E-state index contributed by atoms with van der Waals surface area (Å²) in [6.07, 6.45) is 6.02. The van der Waals surface area contributed by atoms with Gasteiger partial charge in [-0.25, -0.2) is 4.68 Å². The summed E-state index contributed by atoms with van der Waals surface area (Å²) in [7, 11) is 0. The van der Waals surface area contributed by atoms with Crippen LogP contribution in [0.4, 0.5) is 0 Å². The summed E-state index contributed by atoms with van der Waals surface area (Å²) in [6, 6.07) is 8.06. The molecule has 2 N–H and O–H groups in total. The van der Waals surface area contributed by atoms with Crippen molar-refractivity contribution in [3.8, 4) is 5.69 Å². The number of benzene rings is 1. The minimum Gasteiger partial charge on any atom is -0.321 e. The summed E-state index contributed by atoms with van der Waals surface area (Å²) in [4.78, 5) is 0. The molecule has 0 amide bonds.